The van der Waals surface area contributed by atoms with Crippen LogP contribution in [-0.4, -0.2) is 72.7 Å². The average molecular weight is 576 g/mol. The van der Waals surface area contributed by atoms with Crippen molar-refractivity contribution < 1.29 is 8.42 Å². The standard InChI is InChI=1S/C27H33N11O2S/c1-6-29-12-21-7-8-24(19(3)33-21)38-15-20(11-32-38)26-23(28-4)13-30-27(35-26)34-22-9-10-37(14-18(22)2)41(39,40)25-16-36(5)17-31-25/h7-8,11,13,15-18,22,29H,6,9-10,12,14H2,1-3,5H3,(H,30,34,35)/t18-,22+/m1/s1. The lowest BCUT2D eigenvalue weighted by Gasteiger charge is -2.36. The average Bonchev–Trinajstić information content (AvgIpc) is 3.63. The van der Waals surface area contributed by atoms with Gasteiger partial charge < -0.3 is 15.2 Å². The van der Waals surface area contributed by atoms with Crippen molar-refractivity contribution in [2.75, 3.05) is 25.0 Å². The maximum Gasteiger partial charge on any atom is 0.262 e. The van der Waals surface area contributed by atoms with Crippen LogP contribution in [0.3, 0.4) is 0 Å². The highest BCUT2D eigenvalue weighted by molar-refractivity contribution is 7.89. The third-order valence-corrected chi connectivity index (χ3v) is 8.88. The van der Waals surface area contributed by atoms with Crippen LogP contribution in [-0.2, 0) is 23.6 Å². The topological polar surface area (TPSA) is 140 Å². The van der Waals surface area contributed by atoms with Gasteiger partial charge in [-0.25, -0.2) is 32.9 Å². The smallest absolute Gasteiger partial charge is 0.262 e. The highest BCUT2D eigenvalue weighted by atomic mass is 32.2. The maximum absolute atomic E-state index is 13.0. The summed E-state index contributed by atoms with van der Waals surface area (Å²) >= 11 is 0. The summed E-state index contributed by atoms with van der Waals surface area (Å²) in [4.78, 5) is 21.4. The van der Waals surface area contributed by atoms with E-state index >= 15 is 0 Å². The van der Waals surface area contributed by atoms with Gasteiger partial charge in [-0.2, -0.15) is 9.40 Å². The summed E-state index contributed by atoms with van der Waals surface area (Å²) in [7, 11) is -1.92. The monoisotopic (exact) mass is 575 g/mol. The molecule has 214 valence electrons. The number of nitrogens with one attached hydrogen (secondary N) is 2. The van der Waals surface area contributed by atoms with E-state index in [9.17, 15) is 8.42 Å². The zero-order valence-electron chi connectivity index (χ0n) is 23.5. The minimum absolute atomic E-state index is 0.0106. The van der Waals surface area contributed by atoms with Crippen molar-refractivity contribution in [3.63, 3.8) is 0 Å². The van der Waals surface area contributed by atoms with Crippen molar-refractivity contribution in [3.05, 3.63) is 66.1 Å². The Hall–Kier alpha value is -4.19. The van der Waals surface area contributed by atoms with E-state index in [0.717, 1.165) is 23.6 Å². The summed E-state index contributed by atoms with van der Waals surface area (Å²) in [6, 6.07) is 3.91. The van der Waals surface area contributed by atoms with Crippen LogP contribution < -0.4 is 10.6 Å². The fraction of sp³-hybridized carbons (Fsp3) is 0.407. The van der Waals surface area contributed by atoms with E-state index in [0.29, 0.717) is 48.9 Å². The van der Waals surface area contributed by atoms with Crippen LogP contribution in [0, 0.1) is 19.4 Å². The van der Waals surface area contributed by atoms with E-state index in [2.05, 4.69) is 47.4 Å². The first kappa shape index (κ1) is 28.3. The molecule has 1 saturated heterocycles. The van der Waals surface area contributed by atoms with Gasteiger partial charge in [-0.05, 0) is 37.9 Å². The number of rotatable bonds is 9. The molecule has 14 heteroatoms. The molecule has 1 fully saturated rings. The van der Waals surface area contributed by atoms with Crippen molar-refractivity contribution in [2.24, 2.45) is 13.0 Å². The first-order chi connectivity index (χ1) is 19.7. The van der Waals surface area contributed by atoms with Gasteiger partial charge in [0.2, 0.25) is 11.6 Å². The molecule has 2 atom stereocenters. The van der Waals surface area contributed by atoms with Crippen LogP contribution in [0.5, 0.6) is 0 Å². The van der Waals surface area contributed by atoms with Gasteiger partial charge in [0.15, 0.2) is 5.03 Å². The Labute approximate surface area is 239 Å². The molecule has 2 N–H and O–H groups in total. The number of piperidine rings is 1. The van der Waals surface area contributed by atoms with Crippen molar-refractivity contribution in [1.82, 2.24) is 43.9 Å². The lowest BCUT2D eigenvalue weighted by atomic mass is 9.95. The Balaban J connectivity index is 1.32. The fourth-order valence-corrected chi connectivity index (χ4v) is 6.40. The van der Waals surface area contributed by atoms with E-state index < -0.39 is 10.0 Å². The number of sulfonamides is 1. The van der Waals surface area contributed by atoms with Gasteiger partial charge in [0.1, 0.15) is 0 Å². The van der Waals surface area contributed by atoms with Gasteiger partial charge in [0, 0.05) is 56.9 Å². The van der Waals surface area contributed by atoms with E-state index in [1.165, 1.54) is 23.0 Å². The third-order valence-electron chi connectivity index (χ3n) is 7.13. The molecule has 1 aliphatic rings. The minimum Gasteiger partial charge on any atom is -0.351 e. The summed E-state index contributed by atoms with van der Waals surface area (Å²) in [5, 5.41) is 11.2. The predicted octanol–water partition coefficient (Wildman–Crippen LogP) is 2.94. The number of anilines is 1. The molecular formula is C27H33N11O2S. The van der Waals surface area contributed by atoms with Gasteiger partial charge >= 0.3 is 0 Å². The van der Waals surface area contributed by atoms with Crippen LogP contribution >= 0.6 is 0 Å². The second-order valence-electron chi connectivity index (χ2n) is 10.2. The summed E-state index contributed by atoms with van der Waals surface area (Å²) < 4.78 is 30.9. The number of aromatic nitrogens is 7. The number of pyridine rings is 1. The van der Waals surface area contributed by atoms with E-state index in [4.69, 9.17) is 6.57 Å². The van der Waals surface area contributed by atoms with E-state index in [-0.39, 0.29) is 17.0 Å². The van der Waals surface area contributed by atoms with Crippen LogP contribution in [0.15, 0.2) is 48.3 Å². The first-order valence-corrected chi connectivity index (χ1v) is 14.9. The lowest BCUT2D eigenvalue weighted by molar-refractivity contribution is 0.260. The molecule has 41 heavy (non-hydrogen) atoms. The molecule has 1 aliphatic heterocycles. The van der Waals surface area contributed by atoms with Crippen LogP contribution in [0.2, 0.25) is 0 Å². The number of nitrogens with zero attached hydrogens (tertiary/aromatic N) is 9. The third kappa shape index (κ3) is 5.97. The molecule has 0 spiro atoms. The second-order valence-corrected chi connectivity index (χ2v) is 12.0. The maximum atomic E-state index is 13.0. The molecule has 5 rings (SSSR count). The molecule has 13 nitrogen and oxygen atoms in total. The predicted molar refractivity (Wildman–Crippen MR) is 154 cm³/mol. The second kappa shape index (κ2) is 11.7. The minimum atomic E-state index is -3.66. The molecule has 0 aromatic carbocycles. The first-order valence-electron chi connectivity index (χ1n) is 13.4. The van der Waals surface area contributed by atoms with Gasteiger partial charge in [-0.15, -0.1) is 0 Å². The summed E-state index contributed by atoms with van der Waals surface area (Å²) in [6.45, 7) is 15.9. The molecule has 0 saturated carbocycles. The molecular weight excluding hydrogens is 542 g/mol. The van der Waals surface area contributed by atoms with Gasteiger partial charge in [0.25, 0.3) is 10.0 Å². The Morgan fingerprint density at radius 1 is 1.17 bits per heavy atom. The highest BCUT2D eigenvalue weighted by Crippen LogP contribution is 2.31. The largest absolute Gasteiger partial charge is 0.351 e. The zero-order valence-corrected chi connectivity index (χ0v) is 24.3. The van der Waals surface area contributed by atoms with E-state index in [1.54, 1.807) is 22.5 Å². The van der Waals surface area contributed by atoms with Crippen LogP contribution in [0.4, 0.5) is 11.6 Å². The SMILES string of the molecule is [C-]#[N+]c1cnc(N[C@H]2CCN(S(=O)(=O)c3cn(C)cn3)C[C@H]2C)nc1-c1cnn(-c2ccc(CNCC)nc2C)c1. The molecule has 0 bridgehead atoms. The van der Waals surface area contributed by atoms with Crippen molar-refractivity contribution >= 4 is 21.7 Å². The Morgan fingerprint density at radius 3 is 2.68 bits per heavy atom. The Morgan fingerprint density at radius 2 is 2.00 bits per heavy atom. The molecule has 4 aromatic heterocycles. The van der Waals surface area contributed by atoms with Crippen LogP contribution in [0.1, 0.15) is 31.7 Å². The molecule has 0 radical (unpaired) electrons. The highest BCUT2D eigenvalue weighted by Gasteiger charge is 2.35. The molecule has 0 aliphatic carbocycles. The normalized spacial score (nSPS) is 17.8. The summed E-state index contributed by atoms with van der Waals surface area (Å²) in [5.74, 6) is 0.368. The molecule has 4 aromatic rings. The zero-order chi connectivity index (χ0) is 29.1. The van der Waals surface area contributed by atoms with E-state index in [1.807, 2.05) is 32.2 Å². The molecule has 5 heterocycles. The van der Waals surface area contributed by atoms with Crippen LogP contribution in [0.25, 0.3) is 21.8 Å². The van der Waals surface area contributed by atoms with Gasteiger partial charge in [-0.3, -0.25) is 4.98 Å². The molecule has 0 amide bonds. The van der Waals surface area contributed by atoms with Crippen molar-refractivity contribution in [1.29, 1.82) is 0 Å². The van der Waals surface area contributed by atoms with Crippen molar-refractivity contribution in [2.45, 2.75) is 44.8 Å². The number of aryl methyl sites for hydroxylation is 2. The number of imidazole rings is 1. The molecule has 0 unspecified atom stereocenters. The van der Waals surface area contributed by atoms with Gasteiger partial charge in [-0.1, -0.05) is 13.8 Å². The lowest BCUT2D eigenvalue weighted by Crippen LogP contribution is -2.47. The summed E-state index contributed by atoms with van der Waals surface area (Å²) in [6.07, 6.45) is 8.58. The Bertz CT molecular complexity index is 1690. The summed E-state index contributed by atoms with van der Waals surface area (Å²) in [5.41, 5.74) is 4.11. The van der Waals surface area contributed by atoms with Gasteiger partial charge in [0.05, 0.1) is 41.9 Å². The Kier molecular flexibility index (Phi) is 8.11. The van der Waals surface area contributed by atoms with Crippen molar-refractivity contribution in [3.8, 4) is 16.9 Å². The number of hydrogen-bond acceptors (Lipinski definition) is 9. The number of hydrogen-bond donors (Lipinski definition) is 2. The quantitative estimate of drug-likeness (QED) is 0.288. The fourth-order valence-electron chi connectivity index (χ4n) is 4.88.